The van der Waals surface area contributed by atoms with Crippen LogP contribution in [0.5, 0.6) is 0 Å². The van der Waals surface area contributed by atoms with Crippen LogP contribution in [0, 0.1) is 0 Å². The van der Waals surface area contributed by atoms with Crippen molar-refractivity contribution in [3.8, 4) is 0 Å². The first-order chi connectivity index (χ1) is 10.4. The van der Waals surface area contributed by atoms with E-state index in [0.717, 1.165) is 28.8 Å². The molecule has 1 atom stereocenters. The van der Waals surface area contributed by atoms with E-state index in [-0.39, 0.29) is 6.04 Å². The Bertz CT molecular complexity index is 628. The fraction of sp³-hybridized carbons (Fsp3) is 0.222. The SMILES string of the molecule is CNC(/C(C)=C/c1ccccc1)c1ccc(C(F)(F)F)cc1. The number of hydrogen-bond acceptors (Lipinski definition) is 1. The number of likely N-dealkylation sites (N-methyl/N-ethyl adjacent to an activating group) is 1. The molecule has 0 aromatic heterocycles. The van der Waals surface area contributed by atoms with Gasteiger partial charge in [0.15, 0.2) is 0 Å². The highest BCUT2D eigenvalue weighted by molar-refractivity contribution is 5.54. The molecule has 0 aliphatic heterocycles. The second kappa shape index (κ2) is 6.79. The summed E-state index contributed by atoms with van der Waals surface area (Å²) in [6.45, 7) is 1.96. The summed E-state index contributed by atoms with van der Waals surface area (Å²) < 4.78 is 37.9. The van der Waals surface area contributed by atoms with E-state index in [1.807, 2.05) is 43.3 Å². The highest BCUT2D eigenvalue weighted by Gasteiger charge is 2.30. The molecule has 116 valence electrons. The van der Waals surface area contributed by atoms with Crippen LogP contribution in [0.25, 0.3) is 6.08 Å². The Morgan fingerprint density at radius 3 is 2.09 bits per heavy atom. The Hall–Kier alpha value is -2.07. The summed E-state index contributed by atoms with van der Waals surface area (Å²) in [6, 6.07) is 15.0. The molecular formula is C18H18F3N. The van der Waals surface area contributed by atoms with Gasteiger partial charge in [0.2, 0.25) is 0 Å². The van der Waals surface area contributed by atoms with Crippen molar-refractivity contribution in [2.24, 2.45) is 0 Å². The molecule has 0 radical (unpaired) electrons. The molecule has 0 aliphatic rings. The summed E-state index contributed by atoms with van der Waals surface area (Å²) in [6.07, 6.45) is -2.28. The van der Waals surface area contributed by atoms with Crippen LogP contribution >= 0.6 is 0 Å². The Labute approximate surface area is 128 Å². The number of halogens is 3. The molecule has 0 heterocycles. The van der Waals surface area contributed by atoms with Crippen molar-refractivity contribution in [3.63, 3.8) is 0 Å². The molecule has 0 aliphatic carbocycles. The van der Waals surface area contributed by atoms with Gasteiger partial charge in [-0.15, -0.1) is 0 Å². The fourth-order valence-electron chi connectivity index (χ4n) is 2.42. The van der Waals surface area contributed by atoms with E-state index in [1.54, 1.807) is 7.05 Å². The zero-order chi connectivity index (χ0) is 16.2. The van der Waals surface area contributed by atoms with Crippen molar-refractivity contribution in [2.75, 3.05) is 7.05 Å². The second-order valence-electron chi connectivity index (χ2n) is 5.14. The minimum absolute atomic E-state index is 0.123. The monoisotopic (exact) mass is 305 g/mol. The lowest BCUT2D eigenvalue weighted by Crippen LogP contribution is -2.17. The van der Waals surface area contributed by atoms with E-state index < -0.39 is 11.7 Å². The molecule has 1 nitrogen and oxygen atoms in total. The van der Waals surface area contributed by atoms with Crippen LogP contribution in [0.1, 0.15) is 29.7 Å². The number of benzene rings is 2. The lowest BCUT2D eigenvalue weighted by Gasteiger charge is -2.18. The van der Waals surface area contributed by atoms with Crippen LogP contribution in [0.4, 0.5) is 13.2 Å². The van der Waals surface area contributed by atoms with Gasteiger partial charge in [0.05, 0.1) is 11.6 Å². The largest absolute Gasteiger partial charge is 0.416 e. The first-order valence-corrected chi connectivity index (χ1v) is 6.99. The van der Waals surface area contributed by atoms with Gasteiger partial charge >= 0.3 is 6.18 Å². The van der Waals surface area contributed by atoms with Gasteiger partial charge in [-0.2, -0.15) is 13.2 Å². The van der Waals surface area contributed by atoms with Crippen LogP contribution in [-0.2, 0) is 6.18 Å². The molecule has 1 N–H and O–H groups in total. The van der Waals surface area contributed by atoms with Gasteiger partial charge in [-0.25, -0.2) is 0 Å². The smallest absolute Gasteiger partial charge is 0.310 e. The van der Waals surface area contributed by atoms with Gasteiger partial charge in [0.25, 0.3) is 0 Å². The van der Waals surface area contributed by atoms with E-state index >= 15 is 0 Å². The van der Waals surface area contributed by atoms with Gasteiger partial charge in [-0.05, 0) is 37.2 Å². The minimum atomic E-state index is -4.30. The zero-order valence-corrected chi connectivity index (χ0v) is 12.5. The molecule has 0 fully saturated rings. The van der Waals surface area contributed by atoms with E-state index in [4.69, 9.17) is 0 Å². The predicted molar refractivity (Wildman–Crippen MR) is 83.3 cm³/mol. The average Bonchev–Trinajstić information content (AvgIpc) is 2.48. The number of hydrogen-bond donors (Lipinski definition) is 1. The quantitative estimate of drug-likeness (QED) is 0.831. The molecule has 0 saturated carbocycles. The predicted octanol–water partition coefficient (Wildman–Crippen LogP) is 5.07. The molecule has 22 heavy (non-hydrogen) atoms. The second-order valence-corrected chi connectivity index (χ2v) is 5.14. The Balaban J connectivity index is 2.26. The summed E-state index contributed by atoms with van der Waals surface area (Å²) in [4.78, 5) is 0. The molecule has 0 saturated heterocycles. The van der Waals surface area contributed by atoms with E-state index in [2.05, 4.69) is 5.32 Å². The van der Waals surface area contributed by atoms with Crippen LogP contribution in [-0.4, -0.2) is 7.05 Å². The molecule has 2 aromatic rings. The standard InChI is InChI=1S/C18H18F3N/c1-13(12-14-6-4-3-5-7-14)17(22-2)15-8-10-16(11-9-15)18(19,20)21/h3-12,17,22H,1-2H3/b13-12+. The molecule has 0 amide bonds. The van der Waals surface area contributed by atoms with Gasteiger partial charge < -0.3 is 5.32 Å². The van der Waals surface area contributed by atoms with Crippen molar-refractivity contribution < 1.29 is 13.2 Å². The molecule has 1 unspecified atom stereocenters. The Morgan fingerprint density at radius 1 is 1.00 bits per heavy atom. The third kappa shape index (κ3) is 3.98. The van der Waals surface area contributed by atoms with Crippen molar-refractivity contribution >= 4 is 6.08 Å². The Morgan fingerprint density at radius 2 is 1.59 bits per heavy atom. The van der Waals surface area contributed by atoms with E-state index in [0.29, 0.717) is 0 Å². The van der Waals surface area contributed by atoms with Crippen LogP contribution in [0.15, 0.2) is 60.2 Å². The van der Waals surface area contributed by atoms with Crippen LogP contribution in [0.2, 0.25) is 0 Å². The average molecular weight is 305 g/mol. The fourth-order valence-corrected chi connectivity index (χ4v) is 2.42. The summed E-state index contributed by atoms with van der Waals surface area (Å²) in [7, 11) is 1.80. The van der Waals surface area contributed by atoms with Crippen molar-refractivity contribution in [1.29, 1.82) is 0 Å². The number of alkyl halides is 3. The third-order valence-corrected chi connectivity index (χ3v) is 3.51. The van der Waals surface area contributed by atoms with Gasteiger partial charge in [-0.1, -0.05) is 54.1 Å². The lowest BCUT2D eigenvalue weighted by molar-refractivity contribution is -0.137. The van der Waals surface area contributed by atoms with E-state index in [1.165, 1.54) is 12.1 Å². The zero-order valence-electron chi connectivity index (χ0n) is 12.5. The van der Waals surface area contributed by atoms with E-state index in [9.17, 15) is 13.2 Å². The summed E-state index contributed by atoms with van der Waals surface area (Å²) in [5, 5.41) is 3.15. The highest BCUT2D eigenvalue weighted by Crippen LogP contribution is 2.31. The number of nitrogens with one attached hydrogen (secondary N) is 1. The van der Waals surface area contributed by atoms with Gasteiger partial charge in [0, 0.05) is 0 Å². The lowest BCUT2D eigenvalue weighted by atomic mass is 9.97. The maximum Gasteiger partial charge on any atom is 0.416 e. The van der Waals surface area contributed by atoms with Crippen LogP contribution < -0.4 is 5.32 Å². The summed E-state index contributed by atoms with van der Waals surface area (Å²) >= 11 is 0. The molecule has 2 aromatic carbocycles. The maximum atomic E-state index is 12.6. The Kier molecular flexibility index (Phi) is 5.03. The number of rotatable bonds is 4. The minimum Gasteiger partial charge on any atom is -0.310 e. The third-order valence-electron chi connectivity index (χ3n) is 3.51. The van der Waals surface area contributed by atoms with Crippen molar-refractivity contribution in [1.82, 2.24) is 5.32 Å². The molecular weight excluding hydrogens is 287 g/mol. The van der Waals surface area contributed by atoms with Gasteiger partial charge in [-0.3, -0.25) is 0 Å². The first kappa shape index (κ1) is 16.3. The first-order valence-electron chi connectivity index (χ1n) is 6.99. The topological polar surface area (TPSA) is 12.0 Å². The normalized spacial score (nSPS) is 14.0. The molecule has 0 spiro atoms. The van der Waals surface area contributed by atoms with Crippen molar-refractivity contribution in [2.45, 2.75) is 19.1 Å². The highest BCUT2D eigenvalue weighted by atomic mass is 19.4. The summed E-state index contributed by atoms with van der Waals surface area (Å²) in [5.41, 5.74) is 2.27. The summed E-state index contributed by atoms with van der Waals surface area (Å²) in [5.74, 6) is 0. The maximum absolute atomic E-state index is 12.6. The van der Waals surface area contributed by atoms with Crippen LogP contribution in [0.3, 0.4) is 0 Å². The molecule has 4 heteroatoms. The molecule has 2 rings (SSSR count). The molecule has 0 bridgehead atoms. The van der Waals surface area contributed by atoms with Gasteiger partial charge in [0.1, 0.15) is 0 Å². The van der Waals surface area contributed by atoms with Crippen molar-refractivity contribution in [3.05, 3.63) is 76.9 Å².